The molecule has 0 saturated heterocycles. The van der Waals surface area contributed by atoms with Gasteiger partial charge in [0, 0.05) is 38.4 Å². The first-order valence-corrected chi connectivity index (χ1v) is 11.7. The van der Waals surface area contributed by atoms with Gasteiger partial charge in [-0.05, 0) is 49.4 Å². The summed E-state index contributed by atoms with van der Waals surface area (Å²) in [5.74, 6) is -0.256. The maximum Gasteiger partial charge on any atom is 0.251 e. The molecule has 1 aromatic carbocycles. The average molecular weight is 419 g/mol. The molecule has 1 heterocycles. The van der Waals surface area contributed by atoms with Gasteiger partial charge in [0.2, 0.25) is 10.0 Å². The van der Waals surface area contributed by atoms with Crippen LogP contribution in [0.15, 0.2) is 41.6 Å². The second-order valence-corrected chi connectivity index (χ2v) is 9.72. The van der Waals surface area contributed by atoms with E-state index in [1.54, 1.807) is 29.9 Å². The van der Waals surface area contributed by atoms with E-state index in [4.69, 9.17) is 0 Å². The van der Waals surface area contributed by atoms with Crippen LogP contribution in [0.3, 0.4) is 0 Å². The van der Waals surface area contributed by atoms with Crippen molar-refractivity contribution in [2.24, 2.45) is 7.05 Å². The molecule has 1 aromatic heterocycles. The van der Waals surface area contributed by atoms with Crippen molar-refractivity contribution in [1.29, 1.82) is 0 Å². The summed E-state index contributed by atoms with van der Waals surface area (Å²) in [6.07, 6.45) is 10.5. The number of nitrogens with zero attached hydrogens (tertiary/aromatic N) is 3. The highest BCUT2D eigenvalue weighted by Crippen LogP contribution is 2.26. The van der Waals surface area contributed by atoms with Crippen LogP contribution in [-0.4, -0.2) is 48.0 Å². The first kappa shape index (κ1) is 21.5. The Morgan fingerprint density at radius 2 is 2.03 bits per heavy atom. The molecule has 0 aliphatic heterocycles. The van der Waals surface area contributed by atoms with Crippen LogP contribution in [0.4, 0.5) is 0 Å². The number of hydrogen-bond acceptors (Lipinski definition) is 4. The van der Waals surface area contributed by atoms with E-state index in [0.717, 1.165) is 44.1 Å². The van der Waals surface area contributed by atoms with Crippen molar-refractivity contribution in [1.82, 2.24) is 19.4 Å². The largest absolute Gasteiger partial charge is 0.352 e. The van der Waals surface area contributed by atoms with Crippen molar-refractivity contribution in [3.05, 3.63) is 47.8 Å². The summed E-state index contributed by atoms with van der Waals surface area (Å²) >= 11 is 0. The first-order chi connectivity index (χ1) is 13.9. The Hall–Kier alpha value is -2.19. The summed E-state index contributed by atoms with van der Waals surface area (Å²) in [5.41, 5.74) is 1.49. The Labute approximate surface area is 173 Å². The lowest BCUT2D eigenvalue weighted by Crippen LogP contribution is -2.38. The molecular formula is C21H30N4O3S. The Balaban J connectivity index is 1.59. The van der Waals surface area contributed by atoms with E-state index in [0.29, 0.717) is 12.1 Å². The summed E-state index contributed by atoms with van der Waals surface area (Å²) < 4.78 is 29.3. The molecule has 1 aliphatic rings. The fraction of sp³-hybridized carbons (Fsp3) is 0.524. The molecule has 1 N–H and O–H groups in total. The monoisotopic (exact) mass is 418 g/mol. The van der Waals surface area contributed by atoms with Crippen molar-refractivity contribution in [2.75, 3.05) is 13.6 Å². The zero-order valence-corrected chi connectivity index (χ0v) is 18.0. The smallest absolute Gasteiger partial charge is 0.251 e. The molecular weight excluding hydrogens is 388 g/mol. The minimum Gasteiger partial charge on any atom is -0.352 e. The minimum atomic E-state index is -3.61. The summed E-state index contributed by atoms with van der Waals surface area (Å²) in [5, 5.41) is 7.00. The Bertz CT molecular complexity index is 933. The van der Waals surface area contributed by atoms with E-state index in [1.165, 1.54) is 16.8 Å². The van der Waals surface area contributed by atoms with Gasteiger partial charge >= 0.3 is 0 Å². The predicted octanol–water partition coefficient (Wildman–Crippen LogP) is 2.74. The van der Waals surface area contributed by atoms with Crippen LogP contribution in [0.1, 0.15) is 54.4 Å². The number of rotatable bonds is 8. The van der Waals surface area contributed by atoms with Gasteiger partial charge in [0.1, 0.15) is 0 Å². The molecule has 2 aromatic rings. The second-order valence-electron chi connectivity index (χ2n) is 7.72. The molecule has 1 saturated carbocycles. The third-order valence-corrected chi connectivity index (χ3v) is 7.45. The molecule has 0 bridgehead atoms. The normalized spacial score (nSPS) is 15.6. The lowest BCUT2D eigenvalue weighted by Gasteiger charge is -2.30. The summed E-state index contributed by atoms with van der Waals surface area (Å²) in [6.45, 7) is 0.521. The van der Waals surface area contributed by atoms with Crippen LogP contribution in [0.2, 0.25) is 0 Å². The van der Waals surface area contributed by atoms with E-state index in [9.17, 15) is 13.2 Å². The van der Waals surface area contributed by atoms with Crippen molar-refractivity contribution in [3.63, 3.8) is 0 Å². The number of hydrogen-bond donors (Lipinski definition) is 1. The number of aromatic nitrogens is 2. The van der Waals surface area contributed by atoms with Crippen LogP contribution in [0.5, 0.6) is 0 Å². The third-order valence-electron chi connectivity index (χ3n) is 5.55. The molecule has 1 fully saturated rings. The van der Waals surface area contributed by atoms with Gasteiger partial charge in [0.25, 0.3) is 5.91 Å². The molecule has 1 aliphatic carbocycles. The van der Waals surface area contributed by atoms with E-state index in [-0.39, 0.29) is 16.8 Å². The minimum absolute atomic E-state index is 0.0405. The SMILES string of the molecule is CN(C1CCCCC1)S(=O)(=O)c1cccc(C(=O)NCCCc2cnn(C)c2)c1. The van der Waals surface area contributed by atoms with Crippen LogP contribution in [0, 0.1) is 0 Å². The van der Waals surface area contributed by atoms with Gasteiger partial charge < -0.3 is 5.32 Å². The fourth-order valence-electron chi connectivity index (χ4n) is 3.80. The number of aryl methyl sites for hydroxylation is 2. The summed E-state index contributed by atoms with van der Waals surface area (Å²) in [4.78, 5) is 12.6. The van der Waals surface area contributed by atoms with Crippen molar-refractivity contribution in [3.8, 4) is 0 Å². The molecule has 3 rings (SSSR count). The van der Waals surface area contributed by atoms with Crippen LogP contribution < -0.4 is 5.32 Å². The molecule has 1 amide bonds. The van der Waals surface area contributed by atoms with Gasteiger partial charge in [0.05, 0.1) is 11.1 Å². The maximum absolute atomic E-state index is 13.0. The quantitative estimate of drug-likeness (QED) is 0.668. The number of sulfonamides is 1. The molecule has 158 valence electrons. The van der Waals surface area contributed by atoms with Gasteiger partial charge in [-0.2, -0.15) is 9.40 Å². The van der Waals surface area contributed by atoms with Gasteiger partial charge in [-0.3, -0.25) is 9.48 Å². The lowest BCUT2D eigenvalue weighted by atomic mass is 9.96. The number of nitrogens with one attached hydrogen (secondary N) is 1. The fourth-order valence-corrected chi connectivity index (χ4v) is 5.26. The Kier molecular flexibility index (Phi) is 7.08. The predicted molar refractivity (Wildman–Crippen MR) is 112 cm³/mol. The first-order valence-electron chi connectivity index (χ1n) is 10.2. The van der Waals surface area contributed by atoms with E-state index in [2.05, 4.69) is 10.4 Å². The number of amides is 1. The van der Waals surface area contributed by atoms with Crippen LogP contribution >= 0.6 is 0 Å². The standard InChI is InChI=1S/C21H30N4O3S/c1-24-16-17(15-23-24)8-7-13-22-21(26)18-9-6-12-20(14-18)29(27,28)25(2)19-10-4-3-5-11-19/h6,9,12,14-16,19H,3-5,7-8,10-11,13H2,1-2H3,(H,22,26). The molecule has 0 unspecified atom stereocenters. The van der Waals surface area contributed by atoms with E-state index in [1.807, 2.05) is 19.4 Å². The molecule has 0 radical (unpaired) electrons. The molecule has 0 spiro atoms. The highest BCUT2D eigenvalue weighted by molar-refractivity contribution is 7.89. The molecule has 0 atom stereocenters. The number of carbonyl (C=O) groups is 1. The van der Waals surface area contributed by atoms with Gasteiger partial charge in [-0.1, -0.05) is 25.3 Å². The summed E-state index contributed by atoms with van der Waals surface area (Å²) in [6, 6.07) is 6.36. The average Bonchev–Trinajstić information content (AvgIpc) is 3.16. The third kappa shape index (κ3) is 5.45. The highest BCUT2D eigenvalue weighted by Gasteiger charge is 2.29. The number of benzene rings is 1. The van der Waals surface area contributed by atoms with Gasteiger partial charge in [0.15, 0.2) is 0 Å². The second kappa shape index (κ2) is 9.54. The topological polar surface area (TPSA) is 84.3 Å². The Morgan fingerprint density at radius 3 is 2.72 bits per heavy atom. The lowest BCUT2D eigenvalue weighted by molar-refractivity contribution is 0.0953. The maximum atomic E-state index is 13.0. The zero-order valence-electron chi connectivity index (χ0n) is 17.2. The van der Waals surface area contributed by atoms with Crippen molar-refractivity contribution in [2.45, 2.75) is 55.9 Å². The van der Waals surface area contributed by atoms with Crippen molar-refractivity contribution >= 4 is 15.9 Å². The van der Waals surface area contributed by atoms with E-state index >= 15 is 0 Å². The van der Waals surface area contributed by atoms with Crippen LogP contribution in [-0.2, 0) is 23.5 Å². The molecule has 7 nitrogen and oxygen atoms in total. The van der Waals surface area contributed by atoms with Gasteiger partial charge in [-0.15, -0.1) is 0 Å². The van der Waals surface area contributed by atoms with E-state index < -0.39 is 10.0 Å². The van der Waals surface area contributed by atoms with Crippen LogP contribution in [0.25, 0.3) is 0 Å². The van der Waals surface area contributed by atoms with Crippen molar-refractivity contribution < 1.29 is 13.2 Å². The highest BCUT2D eigenvalue weighted by atomic mass is 32.2. The Morgan fingerprint density at radius 1 is 1.28 bits per heavy atom. The molecule has 29 heavy (non-hydrogen) atoms. The number of carbonyl (C=O) groups excluding carboxylic acids is 1. The van der Waals surface area contributed by atoms with Gasteiger partial charge in [-0.25, -0.2) is 8.42 Å². The zero-order chi connectivity index (χ0) is 20.9. The molecule has 8 heteroatoms. The summed E-state index contributed by atoms with van der Waals surface area (Å²) in [7, 11) is -0.0871.